The molecule has 0 amide bonds. The van der Waals surface area contributed by atoms with Crippen LogP contribution in [0.25, 0.3) is 0 Å². The van der Waals surface area contributed by atoms with Gasteiger partial charge in [0.05, 0.1) is 6.61 Å². The third kappa shape index (κ3) is 5.40. The summed E-state index contributed by atoms with van der Waals surface area (Å²) in [5.74, 6) is 0.749. The quantitative estimate of drug-likeness (QED) is 0.760. The van der Waals surface area contributed by atoms with Crippen LogP contribution in [0.2, 0.25) is 0 Å². The lowest BCUT2D eigenvalue weighted by Gasteiger charge is -2.19. The van der Waals surface area contributed by atoms with Crippen LogP contribution in [0.4, 0.5) is 13.2 Å². The molecular weight excluding hydrogens is 243 g/mol. The summed E-state index contributed by atoms with van der Waals surface area (Å²) >= 11 is 0. The Labute approximate surface area is 105 Å². The molecule has 0 spiro atoms. The van der Waals surface area contributed by atoms with E-state index in [0.717, 1.165) is 5.75 Å². The van der Waals surface area contributed by atoms with Crippen molar-refractivity contribution < 1.29 is 17.9 Å². The standard InChI is InChI=1S/C13H18F3NO/c1-17-12(13(14,15)16)9-5-6-10-18-11-7-3-2-4-8-11/h2-4,7-8,12,17H,5-6,9-10H2,1H3. The van der Waals surface area contributed by atoms with E-state index in [1.54, 1.807) is 0 Å². The minimum absolute atomic E-state index is 0.0815. The molecule has 0 aliphatic rings. The summed E-state index contributed by atoms with van der Waals surface area (Å²) in [7, 11) is 1.33. The second-order valence-corrected chi connectivity index (χ2v) is 4.04. The van der Waals surface area contributed by atoms with E-state index in [1.165, 1.54) is 7.05 Å². The van der Waals surface area contributed by atoms with Gasteiger partial charge in [-0.25, -0.2) is 0 Å². The second kappa shape index (κ2) is 7.26. The number of benzene rings is 1. The molecule has 1 N–H and O–H groups in total. The molecule has 1 atom stereocenters. The Kier molecular flexibility index (Phi) is 5.98. The lowest BCUT2D eigenvalue weighted by molar-refractivity contribution is -0.156. The van der Waals surface area contributed by atoms with E-state index in [0.29, 0.717) is 19.4 Å². The zero-order chi connectivity index (χ0) is 13.4. The molecule has 0 saturated heterocycles. The third-order valence-corrected chi connectivity index (χ3v) is 2.64. The van der Waals surface area contributed by atoms with Crippen LogP contribution in [-0.2, 0) is 0 Å². The van der Waals surface area contributed by atoms with Gasteiger partial charge in [0, 0.05) is 0 Å². The first kappa shape index (κ1) is 14.8. The Morgan fingerprint density at radius 2 is 1.83 bits per heavy atom. The molecule has 1 aromatic carbocycles. The average molecular weight is 261 g/mol. The van der Waals surface area contributed by atoms with Crippen LogP contribution >= 0.6 is 0 Å². The van der Waals surface area contributed by atoms with Gasteiger partial charge >= 0.3 is 6.18 Å². The predicted octanol–water partition coefficient (Wildman–Crippen LogP) is 3.39. The van der Waals surface area contributed by atoms with Crippen LogP contribution in [-0.4, -0.2) is 25.9 Å². The van der Waals surface area contributed by atoms with E-state index in [9.17, 15) is 13.2 Å². The third-order valence-electron chi connectivity index (χ3n) is 2.64. The van der Waals surface area contributed by atoms with E-state index in [4.69, 9.17) is 4.74 Å². The number of nitrogens with one attached hydrogen (secondary N) is 1. The molecule has 0 heterocycles. The maximum Gasteiger partial charge on any atom is 0.403 e. The van der Waals surface area contributed by atoms with Crippen molar-refractivity contribution in [3.05, 3.63) is 30.3 Å². The van der Waals surface area contributed by atoms with Crippen molar-refractivity contribution in [2.75, 3.05) is 13.7 Å². The fourth-order valence-corrected chi connectivity index (χ4v) is 1.63. The number of unbranched alkanes of at least 4 members (excludes halogenated alkanes) is 1. The second-order valence-electron chi connectivity index (χ2n) is 4.04. The molecule has 0 aliphatic heterocycles. The van der Waals surface area contributed by atoms with Gasteiger partial charge in [0.1, 0.15) is 11.8 Å². The zero-order valence-corrected chi connectivity index (χ0v) is 10.3. The van der Waals surface area contributed by atoms with Crippen molar-refractivity contribution in [1.82, 2.24) is 5.32 Å². The highest BCUT2D eigenvalue weighted by molar-refractivity contribution is 5.20. The summed E-state index contributed by atoms with van der Waals surface area (Å²) in [5, 5.41) is 2.28. The molecular formula is C13H18F3NO. The topological polar surface area (TPSA) is 21.3 Å². The number of halogens is 3. The van der Waals surface area contributed by atoms with Gasteiger partial charge in [-0.3, -0.25) is 0 Å². The average Bonchev–Trinajstić information content (AvgIpc) is 2.33. The summed E-state index contributed by atoms with van der Waals surface area (Å²) in [6.45, 7) is 0.443. The van der Waals surface area contributed by atoms with Gasteiger partial charge < -0.3 is 10.1 Å². The monoisotopic (exact) mass is 261 g/mol. The number of alkyl halides is 3. The van der Waals surface area contributed by atoms with Gasteiger partial charge in [-0.15, -0.1) is 0 Å². The first-order valence-electron chi connectivity index (χ1n) is 5.96. The molecule has 1 aromatic rings. The molecule has 18 heavy (non-hydrogen) atoms. The minimum Gasteiger partial charge on any atom is -0.494 e. The highest BCUT2D eigenvalue weighted by Gasteiger charge is 2.37. The van der Waals surface area contributed by atoms with Crippen LogP contribution < -0.4 is 10.1 Å². The predicted molar refractivity (Wildman–Crippen MR) is 64.7 cm³/mol. The largest absolute Gasteiger partial charge is 0.494 e. The summed E-state index contributed by atoms with van der Waals surface area (Å²) in [5.41, 5.74) is 0. The smallest absolute Gasteiger partial charge is 0.403 e. The van der Waals surface area contributed by atoms with Gasteiger partial charge in [-0.1, -0.05) is 18.2 Å². The van der Waals surface area contributed by atoms with E-state index >= 15 is 0 Å². The molecule has 0 aromatic heterocycles. The fourth-order valence-electron chi connectivity index (χ4n) is 1.63. The van der Waals surface area contributed by atoms with E-state index in [-0.39, 0.29) is 6.42 Å². The molecule has 0 bridgehead atoms. The Balaban J connectivity index is 2.15. The van der Waals surface area contributed by atoms with Crippen molar-refractivity contribution in [3.63, 3.8) is 0 Å². The van der Waals surface area contributed by atoms with Crippen molar-refractivity contribution >= 4 is 0 Å². The Hall–Kier alpha value is -1.23. The van der Waals surface area contributed by atoms with Crippen LogP contribution in [0.3, 0.4) is 0 Å². The lowest BCUT2D eigenvalue weighted by Crippen LogP contribution is -2.39. The first-order chi connectivity index (χ1) is 8.54. The summed E-state index contributed by atoms with van der Waals surface area (Å²) in [6.07, 6.45) is -2.99. The number of para-hydroxylation sites is 1. The molecule has 0 saturated carbocycles. The Morgan fingerprint density at radius 3 is 2.39 bits per heavy atom. The summed E-state index contributed by atoms with van der Waals surface area (Å²) < 4.78 is 42.6. The molecule has 0 fully saturated rings. The first-order valence-corrected chi connectivity index (χ1v) is 5.96. The minimum atomic E-state index is -4.17. The number of rotatable bonds is 7. The molecule has 5 heteroatoms. The summed E-state index contributed by atoms with van der Waals surface area (Å²) in [6, 6.07) is 7.83. The zero-order valence-electron chi connectivity index (χ0n) is 10.3. The molecule has 0 radical (unpaired) electrons. The van der Waals surface area contributed by atoms with Gasteiger partial charge in [-0.05, 0) is 38.4 Å². The fraction of sp³-hybridized carbons (Fsp3) is 0.538. The normalized spacial score (nSPS) is 13.3. The molecule has 1 unspecified atom stereocenters. The van der Waals surface area contributed by atoms with Gasteiger partial charge in [0.2, 0.25) is 0 Å². The Bertz CT molecular complexity index is 327. The van der Waals surface area contributed by atoms with Gasteiger partial charge in [0.25, 0.3) is 0 Å². The van der Waals surface area contributed by atoms with Crippen LogP contribution in [0.5, 0.6) is 5.75 Å². The van der Waals surface area contributed by atoms with E-state index in [2.05, 4.69) is 5.32 Å². The molecule has 1 rings (SSSR count). The highest BCUT2D eigenvalue weighted by atomic mass is 19.4. The maximum absolute atomic E-state index is 12.4. The number of ether oxygens (including phenoxy) is 1. The van der Waals surface area contributed by atoms with E-state index < -0.39 is 12.2 Å². The van der Waals surface area contributed by atoms with Crippen LogP contribution in [0.1, 0.15) is 19.3 Å². The van der Waals surface area contributed by atoms with Crippen molar-refractivity contribution in [3.8, 4) is 5.75 Å². The van der Waals surface area contributed by atoms with Crippen molar-refractivity contribution in [2.45, 2.75) is 31.5 Å². The van der Waals surface area contributed by atoms with Crippen molar-refractivity contribution in [2.24, 2.45) is 0 Å². The lowest BCUT2D eigenvalue weighted by atomic mass is 10.1. The Morgan fingerprint density at radius 1 is 1.17 bits per heavy atom. The van der Waals surface area contributed by atoms with E-state index in [1.807, 2.05) is 30.3 Å². The molecule has 0 aliphatic carbocycles. The summed E-state index contributed by atoms with van der Waals surface area (Å²) in [4.78, 5) is 0. The molecule has 102 valence electrons. The SMILES string of the molecule is CNC(CCCCOc1ccccc1)C(F)(F)F. The highest BCUT2D eigenvalue weighted by Crippen LogP contribution is 2.23. The van der Waals surface area contributed by atoms with Crippen LogP contribution in [0.15, 0.2) is 30.3 Å². The van der Waals surface area contributed by atoms with Gasteiger partial charge in [-0.2, -0.15) is 13.2 Å². The molecule has 2 nitrogen and oxygen atoms in total. The number of hydrogen-bond donors (Lipinski definition) is 1. The van der Waals surface area contributed by atoms with Crippen LogP contribution in [0, 0.1) is 0 Å². The maximum atomic E-state index is 12.4. The van der Waals surface area contributed by atoms with Crippen molar-refractivity contribution in [1.29, 1.82) is 0 Å². The van der Waals surface area contributed by atoms with Gasteiger partial charge in [0.15, 0.2) is 0 Å². The number of hydrogen-bond acceptors (Lipinski definition) is 2.